The minimum atomic E-state index is 0.142. The first-order valence-corrected chi connectivity index (χ1v) is 22.4. The molecule has 2 heteroatoms. The molecule has 10 rings (SSSR count). The lowest BCUT2D eigenvalue weighted by molar-refractivity contribution is 0.529. The van der Waals surface area contributed by atoms with Crippen molar-refractivity contribution >= 4 is 44.7 Å². The minimum absolute atomic E-state index is 0.142. The zero-order valence-electron chi connectivity index (χ0n) is 35.6. The van der Waals surface area contributed by atoms with Crippen molar-refractivity contribution in [3.63, 3.8) is 0 Å². The predicted molar refractivity (Wildman–Crippen MR) is 257 cm³/mol. The van der Waals surface area contributed by atoms with Crippen LogP contribution in [-0.2, 0) is 6.42 Å². The van der Waals surface area contributed by atoms with Crippen LogP contribution in [0.15, 0.2) is 176 Å². The number of benzene rings is 6. The van der Waals surface area contributed by atoms with Crippen molar-refractivity contribution in [2.45, 2.75) is 90.0 Å². The van der Waals surface area contributed by atoms with Crippen LogP contribution in [0.25, 0.3) is 21.9 Å². The SMILES string of the molecule is CC(C)c1ccc(N(c2ccccc2)c2cc(C3=CCCC=C3)c3c4c5c(ccc24)C(c2ccccc2)=CC(N(C2=CC=CCC2)c2ccc(C(C)C)cc2)C5CC3)cc1. The summed E-state index contributed by atoms with van der Waals surface area (Å²) in [5.41, 5.74) is 18.8. The van der Waals surface area contributed by atoms with Crippen LogP contribution in [0.4, 0.5) is 22.7 Å². The fraction of sp³-hybridized carbons (Fsp3) is 0.241. The van der Waals surface area contributed by atoms with E-state index in [0.29, 0.717) is 17.8 Å². The lowest BCUT2D eigenvalue weighted by Crippen LogP contribution is -2.41. The van der Waals surface area contributed by atoms with E-state index in [1.54, 1.807) is 0 Å². The first-order valence-electron chi connectivity index (χ1n) is 22.4. The molecule has 6 aromatic carbocycles. The summed E-state index contributed by atoms with van der Waals surface area (Å²) in [6.45, 7) is 9.14. The quantitative estimate of drug-likeness (QED) is 0.137. The molecule has 2 unspecified atom stereocenters. The zero-order chi connectivity index (χ0) is 40.7. The zero-order valence-corrected chi connectivity index (χ0v) is 35.6. The van der Waals surface area contributed by atoms with Gasteiger partial charge in [-0.3, -0.25) is 0 Å². The molecule has 298 valence electrons. The van der Waals surface area contributed by atoms with E-state index in [9.17, 15) is 0 Å². The highest BCUT2D eigenvalue weighted by atomic mass is 15.2. The summed E-state index contributed by atoms with van der Waals surface area (Å²) in [7, 11) is 0. The summed E-state index contributed by atoms with van der Waals surface area (Å²) in [5.74, 6) is 1.25. The Morgan fingerprint density at radius 1 is 0.617 bits per heavy atom. The van der Waals surface area contributed by atoms with Crippen molar-refractivity contribution in [2.75, 3.05) is 9.80 Å². The minimum Gasteiger partial charge on any atom is -0.338 e. The third kappa shape index (κ3) is 6.86. The monoisotopic (exact) mass is 780 g/mol. The Morgan fingerprint density at radius 2 is 1.30 bits per heavy atom. The molecule has 2 atom stereocenters. The first kappa shape index (κ1) is 38.1. The second-order valence-corrected chi connectivity index (χ2v) is 17.8. The molecule has 0 N–H and O–H groups in total. The van der Waals surface area contributed by atoms with Gasteiger partial charge in [0.1, 0.15) is 0 Å². The third-order valence-corrected chi connectivity index (χ3v) is 13.4. The van der Waals surface area contributed by atoms with E-state index in [1.165, 1.54) is 89.3 Å². The number of para-hydroxylation sites is 1. The van der Waals surface area contributed by atoms with Crippen LogP contribution in [0.1, 0.15) is 116 Å². The molecule has 0 aliphatic heterocycles. The molecule has 0 saturated carbocycles. The molecular weight excluding hydrogens is 725 g/mol. The molecule has 0 amide bonds. The summed E-state index contributed by atoms with van der Waals surface area (Å²) in [4.78, 5) is 5.24. The van der Waals surface area contributed by atoms with Crippen molar-refractivity contribution in [1.82, 2.24) is 0 Å². The van der Waals surface area contributed by atoms with Gasteiger partial charge in [0.25, 0.3) is 0 Å². The normalized spacial score (nSPS) is 18.1. The van der Waals surface area contributed by atoms with Gasteiger partial charge in [-0.1, -0.05) is 149 Å². The second-order valence-electron chi connectivity index (χ2n) is 17.8. The van der Waals surface area contributed by atoms with E-state index in [1.807, 2.05) is 0 Å². The molecule has 0 fully saturated rings. The van der Waals surface area contributed by atoms with Crippen LogP contribution in [-0.4, -0.2) is 6.04 Å². The van der Waals surface area contributed by atoms with E-state index in [4.69, 9.17) is 0 Å². The second kappa shape index (κ2) is 16.1. The summed E-state index contributed by atoms with van der Waals surface area (Å²) in [5, 5.41) is 2.78. The van der Waals surface area contributed by atoms with Gasteiger partial charge in [-0.05, 0) is 154 Å². The Bertz CT molecular complexity index is 2690. The van der Waals surface area contributed by atoms with Crippen molar-refractivity contribution in [3.05, 3.63) is 215 Å². The number of rotatable bonds is 10. The van der Waals surface area contributed by atoms with Crippen LogP contribution >= 0.6 is 0 Å². The molecule has 0 bridgehead atoms. The van der Waals surface area contributed by atoms with Gasteiger partial charge in [-0.15, -0.1) is 0 Å². The molecule has 4 aliphatic rings. The number of anilines is 4. The van der Waals surface area contributed by atoms with Gasteiger partial charge in [-0.25, -0.2) is 0 Å². The Balaban J connectivity index is 1.26. The summed E-state index contributed by atoms with van der Waals surface area (Å²) in [6, 6.07) is 48.6. The molecule has 0 heterocycles. The fourth-order valence-electron chi connectivity index (χ4n) is 10.4. The number of hydrogen-bond donors (Lipinski definition) is 0. The van der Waals surface area contributed by atoms with Crippen molar-refractivity contribution in [3.8, 4) is 0 Å². The average molecular weight is 781 g/mol. The maximum absolute atomic E-state index is 2.72. The highest BCUT2D eigenvalue weighted by Crippen LogP contribution is 2.54. The van der Waals surface area contributed by atoms with Crippen LogP contribution in [0.3, 0.4) is 0 Å². The first-order chi connectivity index (χ1) is 29.4. The summed E-state index contributed by atoms with van der Waals surface area (Å²) < 4.78 is 0. The smallest absolute Gasteiger partial charge is 0.0597 e. The maximum Gasteiger partial charge on any atom is 0.0597 e. The van der Waals surface area contributed by atoms with Gasteiger partial charge < -0.3 is 9.80 Å². The molecular formula is C58H56N2. The van der Waals surface area contributed by atoms with Gasteiger partial charge in [0.2, 0.25) is 0 Å². The third-order valence-electron chi connectivity index (χ3n) is 13.4. The van der Waals surface area contributed by atoms with Crippen molar-refractivity contribution in [1.29, 1.82) is 0 Å². The Kier molecular flexibility index (Phi) is 10.3. The largest absolute Gasteiger partial charge is 0.338 e. The van der Waals surface area contributed by atoms with E-state index >= 15 is 0 Å². The highest BCUT2D eigenvalue weighted by Gasteiger charge is 2.40. The number of nitrogens with zero attached hydrogens (tertiary/aromatic N) is 2. The van der Waals surface area contributed by atoms with Gasteiger partial charge in [0.05, 0.1) is 11.7 Å². The Morgan fingerprint density at radius 3 is 1.95 bits per heavy atom. The highest BCUT2D eigenvalue weighted by molar-refractivity contribution is 6.08. The standard InChI is InChI=1S/C58H56N2/c1-39(2)41-25-29-47(30-26-41)59(45-21-13-7-14-22-45)55-37-53(43-17-9-5-10-18-43)49-34-36-52-56(60(46-23-15-8-16-24-46)48-31-27-42(28-32-48)40(3)4)38-54(44-19-11-6-12-20-44)50-33-35-51(55)57(49)58(50)52/h5,7-11,13,15-21,23-32,34,36-40,51,55H,6,12,14,22,33,35H2,1-4H3. The molecule has 0 radical (unpaired) electrons. The number of allylic oxidation sites excluding steroid dienone is 8. The molecule has 0 saturated heterocycles. The lowest BCUT2D eigenvalue weighted by Gasteiger charge is -2.45. The van der Waals surface area contributed by atoms with Crippen molar-refractivity contribution in [2.24, 2.45) is 0 Å². The lowest BCUT2D eigenvalue weighted by atomic mass is 9.68. The van der Waals surface area contributed by atoms with E-state index in [2.05, 4.69) is 207 Å². The van der Waals surface area contributed by atoms with E-state index < -0.39 is 0 Å². The van der Waals surface area contributed by atoms with Gasteiger partial charge in [-0.2, -0.15) is 0 Å². The Hall–Kier alpha value is -6.12. The Labute approximate surface area is 357 Å². The van der Waals surface area contributed by atoms with Crippen molar-refractivity contribution < 1.29 is 0 Å². The molecule has 0 aromatic heterocycles. The molecule has 4 aliphatic carbocycles. The fourth-order valence-corrected chi connectivity index (χ4v) is 10.4. The number of hydrogen-bond acceptors (Lipinski definition) is 2. The van der Waals surface area contributed by atoms with E-state index in [-0.39, 0.29) is 6.04 Å². The molecule has 60 heavy (non-hydrogen) atoms. The van der Waals surface area contributed by atoms with Crippen LogP contribution in [0.2, 0.25) is 0 Å². The van der Waals surface area contributed by atoms with Gasteiger partial charge in [0.15, 0.2) is 0 Å². The summed E-state index contributed by atoms with van der Waals surface area (Å²) >= 11 is 0. The van der Waals surface area contributed by atoms with Crippen LogP contribution in [0.5, 0.6) is 0 Å². The molecule has 2 nitrogen and oxygen atoms in total. The molecule has 6 aromatic rings. The van der Waals surface area contributed by atoms with Gasteiger partial charge in [0, 0.05) is 34.1 Å². The number of aryl methyl sites for hydroxylation is 1. The van der Waals surface area contributed by atoms with Gasteiger partial charge >= 0.3 is 0 Å². The molecule has 0 spiro atoms. The predicted octanol–water partition coefficient (Wildman–Crippen LogP) is 15.9. The van der Waals surface area contributed by atoms with Crippen LogP contribution < -0.4 is 9.80 Å². The van der Waals surface area contributed by atoms with E-state index in [0.717, 1.165) is 38.5 Å². The van der Waals surface area contributed by atoms with Crippen LogP contribution in [0, 0.1) is 0 Å². The topological polar surface area (TPSA) is 6.48 Å². The summed E-state index contributed by atoms with van der Waals surface area (Å²) in [6.07, 6.45) is 23.2. The maximum atomic E-state index is 2.72. The average Bonchev–Trinajstić information content (AvgIpc) is 3.30.